The third-order valence-electron chi connectivity index (χ3n) is 3.28. The lowest BCUT2D eigenvalue weighted by Gasteiger charge is -2.21. The first kappa shape index (κ1) is 16.5. The van der Waals surface area contributed by atoms with Gasteiger partial charge in [0.2, 0.25) is 0 Å². The van der Waals surface area contributed by atoms with Gasteiger partial charge < -0.3 is 19.5 Å². The second kappa shape index (κ2) is 7.48. The fourth-order valence-electron chi connectivity index (χ4n) is 2.27. The van der Waals surface area contributed by atoms with Crippen LogP contribution >= 0.6 is 11.6 Å². The molecule has 1 aromatic carbocycles. The lowest BCUT2D eigenvalue weighted by Crippen LogP contribution is -2.17. The quantitative estimate of drug-likeness (QED) is 0.801. The fourth-order valence-corrected chi connectivity index (χ4v) is 2.42. The van der Waals surface area contributed by atoms with Gasteiger partial charge in [0.15, 0.2) is 11.5 Å². The molecule has 24 heavy (non-hydrogen) atoms. The lowest BCUT2D eigenvalue weighted by atomic mass is 10.1. The van der Waals surface area contributed by atoms with E-state index in [-0.39, 0.29) is 5.75 Å². The standard InChI is InChI=1S/C15H14ClF2N3O3/c16-13-7-14(21-8-20-13)19-2-1-9-5-11-12(23-4-3-22-11)6-10(9)24-15(17)18/h5-8,15H,1-4H2,(H,19,20,21). The molecule has 1 aliphatic heterocycles. The number of aromatic nitrogens is 2. The molecule has 0 aliphatic carbocycles. The Balaban J connectivity index is 1.73. The third-order valence-corrected chi connectivity index (χ3v) is 3.48. The minimum Gasteiger partial charge on any atom is -0.486 e. The first-order chi connectivity index (χ1) is 11.6. The Labute approximate surface area is 141 Å². The van der Waals surface area contributed by atoms with E-state index in [0.717, 1.165) is 0 Å². The molecule has 0 saturated carbocycles. The Bertz CT molecular complexity index is 718. The summed E-state index contributed by atoms with van der Waals surface area (Å²) in [5.41, 5.74) is 0.576. The van der Waals surface area contributed by atoms with Gasteiger partial charge in [0, 0.05) is 24.2 Å². The molecular weight excluding hydrogens is 344 g/mol. The Hall–Kier alpha value is -2.35. The summed E-state index contributed by atoms with van der Waals surface area (Å²) in [6, 6.07) is 4.65. The highest BCUT2D eigenvalue weighted by atomic mass is 35.5. The number of rotatable bonds is 6. The van der Waals surface area contributed by atoms with Gasteiger partial charge in [-0.3, -0.25) is 0 Å². The number of halogens is 3. The van der Waals surface area contributed by atoms with Gasteiger partial charge in [-0.1, -0.05) is 11.6 Å². The smallest absolute Gasteiger partial charge is 0.387 e. The lowest BCUT2D eigenvalue weighted by molar-refractivity contribution is -0.0506. The maximum Gasteiger partial charge on any atom is 0.387 e. The Kier molecular flexibility index (Phi) is 5.14. The van der Waals surface area contributed by atoms with Crippen molar-refractivity contribution in [2.45, 2.75) is 13.0 Å². The van der Waals surface area contributed by atoms with Crippen LogP contribution in [0.15, 0.2) is 24.5 Å². The number of nitrogens with one attached hydrogen (secondary N) is 1. The van der Waals surface area contributed by atoms with Crippen LogP contribution < -0.4 is 19.5 Å². The van der Waals surface area contributed by atoms with E-state index in [4.69, 9.17) is 21.1 Å². The highest BCUT2D eigenvalue weighted by Crippen LogP contribution is 2.37. The summed E-state index contributed by atoms with van der Waals surface area (Å²) < 4.78 is 40.7. The van der Waals surface area contributed by atoms with Gasteiger partial charge in [0.05, 0.1) is 0 Å². The monoisotopic (exact) mass is 357 g/mol. The molecule has 6 nitrogen and oxygen atoms in total. The maximum absolute atomic E-state index is 12.6. The predicted octanol–water partition coefficient (Wildman–Crippen LogP) is 3.16. The molecule has 0 saturated heterocycles. The minimum atomic E-state index is -2.92. The van der Waals surface area contributed by atoms with E-state index in [1.807, 2.05) is 0 Å². The summed E-state index contributed by atoms with van der Waals surface area (Å²) >= 11 is 5.78. The predicted molar refractivity (Wildman–Crippen MR) is 83.3 cm³/mol. The first-order valence-corrected chi connectivity index (χ1v) is 7.58. The van der Waals surface area contributed by atoms with Crippen molar-refractivity contribution in [2.75, 3.05) is 25.1 Å². The molecule has 0 amide bonds. The van der Waals surface area contributed by atoms with Crippen LogP contribution in [0.25, 0.3) is 0 Å². The van der Waals surface area contributed by atoms with Crippen molar-refractivity contribution in [3.8, 4) is 17.2 Å². The molecular formula is C15H14ClF2N3O3. The number of hydrogen-bond acceptors (Lipinski definition) is 6. The van der Waals surface area contributed by atoms with E-state index in [2.05, 4.69) is 20.0 Å². The number of ether oxygens (including phenoxy) is 3. The largest absolute Gasteiger partial charge is 0.486 e. The van der Waals surface area contributed by atoms with Crippen molar-refractivity contribution >= 4 is 17.4 Å². The second-order valence-corrected chi connectivity index (χ2v) is 5.27. The number of alkyl halides is 2. The first-order valence-electron chi connectivity index (χ1n) is 7.20. The Morgan fingerprint density at radius 3 is 2.62 bits per heavy atom. The van der Waals surface area contributed by atoms with Crippen LogP contribution in [0.4, 0.5) is 14.6 Å². The van der Waals surface area contributed by atoms with E-state index in [9.17, 15) is 8.78 Å². The molecule has 0 atom stereocenters. The summed E-state index contributed by atoms with van der Waals surface area (Å²) in [7, 11) is 0. The Morgan fingerprint density at radius 1 is 1.17 bits per heavy atom. The van der Waals surface area contributed by atoms with Gasteiger partial charge in [-0.05, 0) is 12.5 Å². The van der Waals surface area contributed by atoms with Crippen LogP contribution in [0.2, 0.25) is 5.15 Å². The van der Waals surface area contributed by atoms with Crippen molar-refractivity contribution < 1.29 is 23.0 Å². The van der Waals surface area contributed by atoms with Crippen molar-refractivity contribution in [1.82, 2.24) is 9.97 Å². The van der Waals surface area contributed by atoms with Crippen molar-refractivity contribution in [3.05, 3.63) is 35.2 Å². The number of fused-ring (bicyclic) bond motifs is 1. The zero-order valence-corrected chi connectivity index (χ0v) is 13.2. The number of nitrogens with zero attached hydrogens (tertiary/aromatic N) is 2. The number of benzene rings is 1. The molecule has 1 N–H and O–H groups in total. The number of anilines is 1. The molecule has 1 aliphatic rings. The molecule has 0 unspecified atom stereocenters. The fraction of sp³-hybridized carbons (Fsp3) is 0.333. The van der Waals surface area contributed by atoms with Gasteiger partial charge >= 0.3 is 6.61 Å². The van der Waals surface area contributed by atoms with Crippen molar-refractivity contribution in [3.63, 3.8) is 0 Å². The van der Waals surface area contributed by atoms with Crippen LogP contribution in [0.5, 0.6) is 17.2 Å². The van der Waals surface area contributed by atoms with E-state index >= 15 is 0 Å². The van der Waals surface area contributed by atoms with Gasteiger partial charge in [0.25, 0.3) is 0 Å². The summed E-state index contributed by atoms with van der Waals surface area (Å²) in [6.07, 6.45) is 1.75. The molecule has 2 aromatic rings. The van der Waals surface area contributed by atoms with Crippen molar-refractivity contribution in [1.29, 1.82) is 0 Å². The molecule has 0 fully saturated rings. The SMILES string of the molecule is FC(F)Oc1cc2c(cc1CCNc1cc(Cl)ncn1)OCCO2. The topological polar surface area (TPSA) is 65.5 Å². The van der Waals surface area contributed by atoms with E-state index in [0.29, 0.717) is 54.2 Å². The average molecular weight is 358 g/mol. The zero-order valence-electron chi connectivity index (χ0n) is 12.5. The molecule has 0 spiro atoms. The second-order valence-electron chi connectivity index (χ2n) is 4.88. The maximum atomic E-state index is 12.6. The molecule has 3 rings (SSSR count). The zero-order chi connectivity index (χ0) is 16.9. The summed E-state index contributed by atoms with van der Waals surface area (Å²) in [5, 5.41) is 3.36. The molecule has 2 heterocycles. The average Bonchev–Trinajstić information content (AvgIpc) is 2.55. The number of hydrogen-bond donors (Lipinski definition) is 1. The van der Waals surface area contributed by atoms with Crippen LogP contribution in [-0.4, -0.2) is 36.3 Å². The van der Waals surface area contributed by atoms with Gasteiger partial charge in [-0.2, -0.15) is 8.78 Å². The van der Waals surface area contributed by atoms with Gasteiger partial charge in [-0.25, -0.2) is 9.97 Å². The molecule has 0 radical (unpaired) electrons. The normalized spacial score (nSPS) is 13.0. The highest BCUT2D eigenvalue weighted by Gasteiger charge is 2.18. The molecule has 0 bridgehead atoms. The van der Waals surface area contributed by atoms with Crippen LogP contribution in [0.3, 0.4) is 0 Å². The van der Waals surface area contributed by atoms with Crippen molar-refractivity contribution in [2.24, 2.45) is 0 Å². The van der Waals surface area contributed by atoms with Gasteiger partial charge in [-0.15, -0.1) is 0 Å². The van der Waals surface area contributed by atoms with E-state index in [1.165, 1.54) is 12.4 Å². The minimum absolute atomic E-state index is 0.0665. The summed E-state index contributed by atoms with van der Waals surface area (Å²) in [5.74, 6) is 1.53. The summed E-state index contributed by atoms with van der Waals surface area (Å²) in [6.45, 7) is -1.69. The molecule has 1 aromatic heterocycles. The van der Waals surface area contributed by atoms with Crippen LogP contribution in [0.1, 0.15) is 5.56 Å². The van der Waals surface area contributed by atoms with Gasteiger partial charge in [0.1, 0.15) is 36.3 Å². The molecule has 128 valence electrons. The molecule has 9 heteroatoms. The van der Waals surface area contributed by atoms with E-state index in [1.54, 1.807) is 12.1 Å². The van der Waals surface area contributed by atoms with E-state index < -0.39 is 6.61 Å². The summed E-state index contributed by atoms with van der Waals surface area (Å²) in [4.78, 5) is 7.79. The van der Waals surface area contributed by atoms with Crippen LogP contribution in [0, 0.1) is 0 Å². The van der Waals surface area contributed by atoms with Crippen LogP contribution in [-0.2, 0) is 6.42 Å². The Morgan fingerprint density at radius 2 is 1.92 bits per heavy atom. The third kappa shape index (κ3) is 4.14. The highest BCUT2D eigenvalue weighted by molar-refractivity contribution is 6.29.